The lowest BCUT2D eigenvalue weighted by Gasteiger charge is -2.49. The summed E-state index contributed by atoms with van der Waals surface area (Å²) in [5.41, 5.74) is 5.61. The molecule has 0 spiro atoms. The SMILES string of the molecule is CN1CCN(C(=O)C2CC3CCCC(C2)C3N)C(C)(C)C1=O.Cl. The fraction of sp³-hybridized carbons (Fsp3) is 0.882. The number of fused-ring (bicyclic) bond motifs is 2. The highest BCUT2D eigenvalue weighted by Crippen LogP contribution is 2.43. The van der Waals surface area contributed by atoms with E-state index in [0.717, 1.165) is 25.7 Å². The predicted octanol–water partition coefficient (Wildman–Crippen LogP) is 1.64. The van der Waals surface area contributed by atoms with Crippen molar-refractivity contribution in [2.75, 3.05) is 20.1 Å². The second kappa shape index (κ2) is 6.60. The normalized spacial score (nSPS) is 36.4. The van der Waals surface area contributed by atoms with Gasteiger partial charge < -0.3 is 15.5 Å². The largest absolute Gasteiger partial charge is 0.342 e. The zero-order chi connectivity index (χ0) is 16.1. The van der Waals surface area contributed by atoms with Gasteiger partial charge in [0, 0.05) is 32.1 Å². The monoisotopic (exact) mass is 343 g/mol. The Hall–Kier alpha value is -0.810. The molecule has 2 bridgehead atoms. The molecular weight excluding hydrogens is 314 g/mol. The number of carbonyl (C=O) groups is 2. The molecule has 2 amide bonds. The maximum atomic E-state index is 13.1. The molecule has 5 nitrogen and oxygen atoms in total. The average Bonchev–Trinajstić information content (AvgIpc) is 2.44. The van der Waals surface area contributed by atoms with E-state index in [0.29, 0.717) is 24.9 Å². The Morgan fingerprint density at radius 1 is 1.17 bits per heavy atom. The lowest BCUT2D eigenvalue weighted by molar-refractivity contribution is -0.161. The van der Waals surface area contributed by atoms with Crippen molar-refractivity contribution in [3.63, 3.8) is 0 Å². The minimum Gasteiger partial charge on any atom is -0.342 e. The number of nitrogens with zero attached hydrogens (tertiary/aromatic N) is 2. The first kappa shape index (κ1) is 18.5. The van der Waals surface area contributed by atoms with Gasteiger partial charge in [-0.2, -0.15) is 0 Å². The summed E-state index contributed by atoms with van der Waals surface area (Å²) in [6.07, 6.45) is 5.39. The van der Waals surface area contributed by atoms with E-state index in [1.807, 2.05) is 25.8 Å². The Labute approximate surface area is 145 Å². The lowest BCUT2D eigenvalue weighted by Crippen LogP contribution is -2.65. The zero-order valence-corrected chi connectivity index (χ0v) is 15.3. The van der Waals surface area contributed by atoms with Crippen LogP contribution in [0.2, 0.25) is 0 Å². The van der Waals surface area contributed by atoms with Crippen molar-refractivity contribution in [1.82, 2.24) is 9.80 Å². The molecule has 2 N–H and O–H groups in total. The molecule has 2 saturated carbocycles. The van der Waals surface area contributed by atoms with E-state index in [-0.39, 0.29) is 36.2 Å². The molecule has 3 fully saturated rings. The highest BCUT2D eigenvalue weighted by Gasteiger charge is 2.47. The molecule has 0 aromatic carbocycles. The first-order valence-electron chi connectivity index (χ1n) is 8.65. The van der Waals surface area contributed by atoms with E-state index in [1.54, 1.807) is 4.90 Å². The summed E-state index contributed by atoms with van der Waals surface area (Å²) in [7, 11) is 1.82. The van der Waals surface area contributed by atoms with Crippen LogP contribution in [0.3, 0.4) is 0 Å². The van der Waals surface area contributed by atoms with Crippen LogP contribution in [-0.2, 0) is 9.59 Å². The summed E-state index contributed by atoms with van der Waals surface area (Å²) in [4.78, 5) is 29.0. The fourth-order valence-corrected chi connectivity index (χ4v) is 4.81. The van der Waals surface area contributed by atoms with Crippen molar-refractivity contribution >= 4 is 24.2 Å². The van der Waals surface area contributed by atoms with Gasteiger partial charge in [0.25, 0.3) is 0 Å². The van der Waals surface area contributed by atoms with Gasteiger partial charge in [-0.25, -0.2) is 0 Å². The Bertz CT molecular complexity index is 468. The molecule has 0 radical (unpaired) electrons. The van der Waals surface area contributed by atoms with Gasteiger partial charge in [0.15, 0.2) is 0 Å². The molecule has 0 aromatic rings. The molecule has 2 aliphatic carbocycles. The quantitative estimate of drug-likeness (QED) is 0.787. The minimum atomic E-state index is -0.723. The minimum absolute atomic E-state index is 0. The van der Waals surface area contributed by atoms with Gasteiger partial charge in [0.05, 0.1) is 0 Å². The van der Waals surface area contributed by atoms with Crippen LogP contribution in [0.5, 0.6) is 0 Å². The van der Waals surface area contributed by atoms with Crippen LogP contribution in [0.25, 0.3) is 0 Å². The first-order valence-corrected chi connectivity index (χ1v) is 8.65. The second-order valence-corrected chi connectivity index (χ2v) is 7.97. The third-order valence-electron chi connectivity index (χ3n) is 6.23. The standard InChI is InChI=1S/C17H29N3O2.ClH/c1-17(2)16(22)19(3)7-8-20(17)15(21)13-9-11-5-4-6-12(10-13)14(11)18;/h11-14H,4-10,18H2,1-3H3;1H. The molecule has 132 valence electrons. The molecule has 23 heavy (non-hydrogen) atoms. The zero-order valence-electron chi connectivity index (χ0n) is 14.5. The Morgan fingerprint density at radius 3 is 2.30 bits per heavy atom. The fourth-order valence-electron chi connectivity index (χ4n) is 4.81. The molecule has 2 atom stereocenters. The molecule has 6 heteroatoms. The topological polar surface area (TPSA) is 66.6 Å². The van der Waals surface area contributed by atoms with Crippen LogP contribution < -0.4 is 5.73 Å². The summed E-state index contributed by atoms with van der Waals surface area (Å²) in [5.74, 6) is 1.26. The van der Waals surface area contributed by atoms with Crippen LogP contribution in [0.4, 0.5) is 0 Å². The molecule has 1 aliphatic heterocycles. The van der Waals surface area contributed by atoms with Crippen LogP contribution >= 0.6 is 12.4 Å². The molecule has 1 saturated heterocycles. The van der Waals surface area contributed by atoms with Crippen molar-refractivity contribution in [3.05, 3.63) is 0 Å². The van der Waals surface area contributed by atoms with Crippen LogP contribution in [0.1, 0.15) is 46.0 Å². The second-order valence-electron chi connectivity index (χ2n) is 7.97. The number of hydrogen-bond acceptors (Lipinski definition) is 3. The third-order valence-corrected chi connectivity index (χ3v) is 6.23. The number of amides is 2. The van der Waals surface area contributed by atoms with E-state index in [9.17, 15) is 9.59 Å². The molecule has 1 heterocycles. The Balaban J connectivity index is 0.00000192. The van der Waals surface area contributed by atoms with Gasteiger partial charge in [0.1, 0.15) is 5.54 Å². The molecule has 3 rings (SSSR count). The van der Waals surface area contributed by atoms with E-state index in [4.69, 9.17) is 5.73 Å². The summed E-state index contributed by atoms with van der Waals surface area (Å²) < 4.78 is 0. The van der Waals surface area contributed by atoms with Crippen LogP contribution in [0.15, 0.2) is 0 Å². The first-order chi connectivity index (χ1) is 10.3. The molecule has 2 unspecified atom stereocenters. The average molecular weight is 344 g/mol. The van der Waals surface area contributed by atoms with Crippen molar-refractivity contribution in [2.24, 2.45) is 23.5 Å². The number of halogens is 1. The summed E-state index contributed by atoms with van der Waals surface area (Å²) in [5, 5.41) is 0. The highest BCUT2D eigenvalue weighted by molar-refractivity contribution is 5.92. The third kappa shape index (κ3) is 3.10. The van der Waals surface area contributed by atoms with E-state index < -0.39 is 5.54 Å². The van der Waals surface area contributed by atoms with E-state index >= 15 is 0 Å². The predicted molar refractivity (Wildman–Crippen MR) is 92.2 cm³/mol. The Morgan fingerprint density at radius 2 is 1.74 bits per heavy atom. The molecular formula is C17H30ClN3O2. The summed E-state index contributed by atoms with van der Waals surface area (Å²) in [6.45, 7) is 5.02. The number of hydrogen-bond donors (Lipinski definition) is 1. The van der Waals surface area contributed by atoms with Gasteiger partial charge in [-0.1, -0.05) is 6.42 Å². The Kier molecular flexibility index (Phi) is 5.31. The van der Waals surface area contributed by atoms with Crippen molar-refractivity contribution < 1.29 is 9.59 Å². The van der Waals surface area contributed by atoms with Crippen molar-refractivity contribution in [2.45, 2.75) is 57.5 Å². The molecule has 0 aromatic heterocycles. The molecule has 3 aliphatic rings. The maximum Gasteiger partial charge on any atom is 0.247 e. The number of likely N-dealkylation sites (N-methyl/N-ethyl adjacent to an activating group) is 1. The smallest absolute Gasteiger partial charge is 0.247 e. The summed E-state index contributed by atoms with van der Waals surface area (Å²) >= 11 is 0. The van der Waals surface area contributed by atoms with Crippen LogP contribution in [0, 0.1) is 17.8 Å². The van der Waals surface area contributed by atoms with Crippen molar-refractivity contribution in [3.8, 4) is 0 Å². The lowest BCUT2D eigenvalue weighted by atomic mass is 9.64. The number of rotatable bonds is 1. The number of carbonyl (C=O) groups excluding carboxylic acids is 2. The van der Waals surface area contributed by atoms with Gasteiger partial charge in [-0.15, -0.1) is 12.4 Å². The highest BCUT2D eigenvalue weighted by atomic mass is 35.5. The van der Waals surface area contributed by atoms with E-state index in [1.165, 1.54) is 6.42 Å². The maximum absolute atomic E-state index is 13.1. The van der Waals surface area contributed by atoms with E-state index in [2.05, 4.69) is 0 Å². The van der Waals surface area contributed by atoms with Gasteiger partial charge in [0.2, 0.25) is 11.8 Å². The summed E-state index contributed by atoms with van der Waals surface area (Å²) in [6, 6.07) is 0.278. The van der Waals surface area contributed by atoms with Gasteiger partial charge in [-0.05, 0) is 51.4 Å². The van der Waals surface area contributed by atoms with Gasteiger partial charge >= 0.3 is 0 Å². The van der Waals surface area contributed by atoms with Crippen LogP contribution in [-0.4, -0.2) is 53.3 Å². The number of nitrogens with two attached hydrogens (primary N) is 1. The number of piperazine rings is 1. The van der Waals surface area contributed by atoms with Crippen molar-refractivity contribution in [1.29, 1.82) is 0 Å². The van der Waals surface area contributed by atoms with Gasteiger partial charge in [-0.3, -0.25) is 9.59 Å².